The van der Waals surface area contributed by atoms with Crippen molar-refractivity contribution in [3.8, 4) is 11.8 Å². The van der Waals surface area contributed by atoms with Gasteiger partial charge in [-0.2, -0.15) is 12.7 Å². The van der Waals surface area contributed by atoms with Crippen LogP contribution in [0.2, 0.25) is 0 Å². The molecule has 1 aliphatic rings. The Balaban J connectivity index is 2.01. The third-order valence-corrected chi connectivity index (χ3v) is 4.93. The summed E-state index contributed by atoms with van der Waals surface area (Å²) in [4.78, 5) is 4.63. The lowest BCUT2D eigenvalue weighted by Gasteiger charge is -2.25. The summed E-state index contributed by atoms with van der Waals surface area (Å²) >= 11 is 1.16. The second-order valence-corrected chi connectivity index (χ2v) is 6.62. The molecule has 1 aliphatic heterocycles. The smallest absolute Gasteiger partial charge is 0.303 e. The lowest BCUT2D eigenvalue weighted by Crippen LogP contribution is -2.43. The largest absolute Gasteiger partial charge is 0.395 e. The Morgan fingerprint density at radius 3 is 2.95 bits per heavy atom. The predicted octanol–water partition coefficient (Wildman–Crippen LogP) is -0.134. The minimum atomic E-state index is -3.59. The number of nitrogens with zero attached hydrogens (tertiary/aromatic N) is 2. The van der Waals surface area contributed by atoms with Crippen LogP contribution in [0.1, 0.15) is 11.3 Å². The van der Waals surface area contributed by atoms with Crippen molar-refractivity contribution >= 4 is 26.7 Å². The lowest BCUT2D eigenvalue weighted by atomic mass is 10.4. The van der Waals surface area contributed by atoms with E-state index in [0.29, 0.717) is 37.6 Å². The Kier molecular flexibility index (Phi) is 5.33. The van der Waals surface area contributed by atoms with Crippen molar-refractivity contribution < 1.29 is 18.3 Å². The second-order valence-electron chi connectivity index (χ2n) is 3.92. The molecule has 0 radical (unpaired) electrons. The minimum absolute atomic E-state index is 0.00230. The number of aliphatic hydroxyl groups is 1. The molecule has 110 valence electrons. The van der Waals surface area contributed by atoms with E-state index < -0.39 is 10.2 Å². The topological polar surface area (TPSA) is 91.8 Å². The van der Waals surface area contributed by atoms with Crippen LogP contribution >= 0.6 is 11.3 Å². The van der Waals surface area contributed by atoms with Gasteiger partial charge in [0.15, 0.2) is 5.13 Å². The third-order valence-electron chi connectivity index (χ3n) is 2.48. The molecule has 0 spiro atoms. The van der Waals surface area contributed by atoms with Crippen LogP contribution < -0.4 is 4.72 Å². The van der Waals surface area contributed by atoms with E-state index in [2.05, 4.69) is 21.5 Å². The second kappa shape index (κ2) is 7.01. The molecule has 0 unspecified atom stereocenters. The lowest BCUT2D eigenvalue weighted by molar-refractivity contribution is 0.0733. The van der Waals surface area contributed by atoms with Gasteiger partial charge in [-0.1, -0.05) is 23.2 Å². The summed E-state index contributed by atoms with van der Waals surface area (Å²) in [5.74, 6) is 5.57. The van der Waals surface area contributed by atoms with Crippen molar-refractivity contribution in [2.24, 2.45) is 0 Å². The first-order valence-corrected chi connectivity index (χ1v) is 8.28. The standard InChI is InChI=1S/C11H15N3O4S2/c15-6-2-1-3-10-9-12-11(19-10)13-20(16,17)14-4-7-18-8-5-14/h9,15H,2,4-8H2,(H,12,13). The molecule has 1 saturated heterocycles. The van der Waals surface area contributed by atoms with Crippen LogP contribution in [0.4, 0.5) is 5.13 Å². The van der Waals surface area contributed by atoms with Gasteiger partial charge in [0.1, 0.15) is 0 Å². The minimum Gasteiger partial charge on any atom is -0.395 e. The first kappa shape index (κ1) is 15.2. The zero-order chi connectivity index (χ0) is 14.4. The molecule has 1 fully saturated rings. The average Bonchev–Trinajstić information content (AvgIpc) is 2.87. The van der Waals surface area contributed by atoms with E-state index in [1.807, 2.05) is 0 Å². The van der Waals surface area contributed by atoms with E-state index in [1.165, 1.54) is 10.5 Å². The number of rotatable bonds is 4. The normalized spacial score (nSPS) is 16.4. The van der Waals surface area contributed by atoms with Gasteiger partial charge in [0.25, 0.3) is 0 Å². The molecule has 1 aromatic heterocycles. The van der Waals surface area contributed by atoms with Crippen molar-refractivity contribution in [3.05, 3.63) is 11.1 Å². The Bertz CT molecular complexity index is 597. The quantitative estimate of drug-likeness (QED) is 0.755. The zero-order valence-electron chi connectivity index (χ0n) is 10.7. The van der Waals surface area contributed by atoms with Crippen molar-refractivity contribution in [1.29, 1.82) is 0 Å². The Hall–Kier alpha value is -1.18. The van der Waals surface area contributed by atoms with Crippen molar-refractivity contribution in [2.45, 2.75) is 6.42 Å². The van der Waals surface area contributed by atoms with Gasteiger partial charge in [-0.05, 0) is 0 Å². The highest BCUT2D eigenvalue weighted by atomic mass is 32.2. The fraction of sp³-hybridized carbons (Fsp3) is 0.545. The van der Waals surface area contributed by atoms with Gasteiger partial charge >= 0.3 is 10.2 Å². The number of morpholine rings is 1. The zero-order valence-corrected chi connectivity index (χ0v) is 12.3. The van der Waals surface area contributed by atoms with Crippen molar-refractivity contribution in [1.82, 2.24) is 9.29 Å². The highest BCUT2D eigenvalue weighted by molar-refractivity contribution is 7.90. The van der Waals surface area contributed by atoms with Crippen LogP contribution in [0.3, 0.4) is 0 Å². The summed E-state index contributed by atoms with van der Waals surface area (Å²) in [7, 11) is -3.59. The van der Waals surface area contributed by atoms with Crippen LogP contribution in [0.5, 0.6) is 0 Å². The summed E-state index contributed by atoms with van der Waals surface area (Å²) in [5.41, 5.74) is 0. The van der Waals surface area contributed by atoms with E-state index in [4.69, 9.17) is 9.84 Å². The molecular weight excluding hydrogens is 302 g/mol. The Morgan fingerprint density at radius 2 is 2.25 bits per heavy atom. The van der Waals surface area contributed by atoms with Crippen LogP contribution in [0, 0.1) is 11.8 Å². The van der Waals surface area contributed by atoms with Crippen LogP contribution in [0.15, 0.2) is 6.20 Å². The first-order valence-electron chi connectivity index (χ1n) is 6.03. The summed E-state index contributed by atoms with van der Waals surface area (Å²) in [6.07, 6.45) is 1.89. The van der Waals surface area contributed by atoms with E-state index in [-0.39, 0.29) is 11.7 Å². The van der Waals surface area contributed by atoms with E-state index in [0.717, 1.165) is 11.3 Å². The average molecular weight is 317 g/mol. The van der Waals surface area contributed by atoms with Gasteiger partial charge in [0, 0.05) is 19.5 Å². The van der Waals surface area contributed by atoms with Gasteiger partial charge in [-0.3, -0.25) is 0 Å². The van der Waals surface area contributed by atoms with Gasteiger partial charge in [0.2, 0.25) is 0 Å². The molecule has 0 aromatic carbocycles. The number of anilines is 1. The molecule has 0 bridgehead atoms. The fourth-order valence-electron chi connectivity index (χ4n) is 1.55. The van der Waals surface area contributed by atoms with Gasteiger partial charge in [-0.15, -0.1) is 0 Å². The molecular formula is C11H15N3O4S2. The van der Waals surface area contributed by atoms with Gasteiger partial charge in [-0.25, -0.2) is 9.71 Å². The summed E-state index contributed by atoms with van der Waals surface area (Å²) in [5, 5.41) is 8.91. The highest BCUT2D eigenvalue weighted by Gasteiger charge is 2.24. The van der Waals surface area contributed by atoms with Gasteiger partial charge in [0.05, 0.1) is 30.9 Å². The molecule has 0 saturated carbocycles. The van der Waals surface area contributed by atoms with Crippen LogP contribution in [-0.2, 0) is 14.9 Å². The SMILES string of the molecule is O=S(=O)(Nc1ncc(C#CCCO)s1)N1CCOCC1. The molecule has 0 atom stereocenters. The molecule has 2 N–H and O–H groups in total. The highest BCUT2D eigenvalue weighted by Crippen LogP contribution is 2.19. The number of ether oxygens (including phenoxy) is 1. The van der Waals surface area contributed by atoms with Crippen LogP contribution in [-0.4, -0.2) is 55.7 Å². The molecule has 20 heavy (non-hydrogen) atoms. The maximum Gasteiger partial charge on any atom is 0.303 e. The molecule has 0 amide bonds. The van der Waals surface area contributed by atoms with Crippen molar-refractivity contribution in [3.63, 3.8) is 0 Å². The number of thiazole rings is 1. The maximum absolute atomic E-state index is 12.1. The molecule has 9 heteroatoms. The molecule has 2 heterocycles. The van der Waals surface area contributed by atoms with E-state index >= 15 is 0 Å². The molecule has 7 nitrogen and oxygen atoms in total. The summed E-state index contributed by atoms with van der Waals surface area (Å²) in [6.45, 7) is 1.48. The number of nitrogens with one attached hydrogen (secondary N) is 1. The number of hydrogen-bond acceptors (Lipinski definition) is 6. The molecule has 1 aromatic rings. The first-order chi connectivity index (χ1) is 9.62. The molecule has 0 aliphatic carbocycles. The van der Waals surface area contributed by atoms with Crippen molar-refractivity contribution in [2.75, 3.05) is 37.6 Å². The number of aliphatic hydroxyl groups excluding tert-OH is 1. The Morgan fingerprint density at radius 1 is 1.50 bits per heavy atom. The Labute approximate surface area is 121 Å². The summed E-state index contributed by atoms with van der Waals surface area (Å²) < 4.78 is 33.0. The van der Waals surface area contributed by atoms with Crippen LogP contribution in [0.25, 0.3) is 0 Å². The summed E-state index contributed by atoms with van der Waals surface area (Å²) in [6, 6.07) is 0. The monoisotopic (exact) mass is 317 g/mol. The number of hydrogen-bond donors (Lipinski definition) is 2. The van der Waals surface area contributed by atoms with Gasteiger partial charge < -0.3 is 9.84 Å². The predicted molar refractivity (Wildman–Crippen MR) is 75.6 cm³/mol. The number of aromatic nitrogens is 1. The molecule has 2 rings (SSSR count). The van der Waals surface area contributed by atoms with E-state index in [9.17, 15) is 8.42 Å². The van der Waals surface area contributed by atoms with E-state index in [1.54, 1.807) is 0 Å². The third kappa shape index (κ3) is 4.16. The fourth-order valence-corrected chi connectivity index (χ4v) is 3.60. The maximum atomic E-state index is 12.1.